The van der Waals surface area contributed by atoms with Gasteiger partial charge in [0.15, 0.2) is 0 Å². The van der Waals surface area contributed by atoms with Crippen LogP contribution in [0.2, 0.25) is 0 Å². The lowest BCUT2D eigenvalue weighted by Crippen LogP contribution is -2.18. The fraction of sp³-hybridized carbons (Fsp3) is 0.182. The van der Waals surface area contributed by atoms with Crippen LogP contribution < -0.4 is 4.74 Å². The molecule has 3 aromatic rings. The Morgan fingerprint density at radius 2 is 1.31 bits per heavy atom. The summed E-state index contributed by atoms with van der Waals surface area (Å²) in [5.41, 5.74) is 3.24. The first-order chi connectivity index (χ1) is 16.6. The van der Waals surface area contributed by atoms with Gasteiger partial charge in [0.1, 0.15) is 5.75 Å². The molecule has 0 aliphatic rings. The number of ether oxygens (including phenoxy) is 1. The summed E-state index contributed by atoms with van der Waals surface area (Å²) in [6.07, 6.45) is 5.97. The SMILES string of the molecule is COc1ccc(/C=C/c2c(I)c(C)n(B(F)F)c2/C=N/N=C/c2c(C)c(I)c(C)n2B(F)F)cc1. The number of benzene rings is 1. The van der Waals surface area contributed by atoms with Crippen LogP contribution >= 0.6 is 45.2 Å². The van der Waals surface area contributed by atoms with Crippen LogP contribution in [0.3, 0.4) is 0 Å². The molecule has 0 N–H and O–H groups in total. The summed E-state index contributed by atoms with van der Waals surface area (Å²) in [5.74, 6) is 0.709. The van der Waals surface area contributed by atoms with Gasteiger partial charge in [0.25, 0.3) is 0 Å². The van der Waals surface area contributed by atoms with E-state index in [1.54, 1.807) is 52.2 Å². The van der Waals surface area contributed by atoms with Gasteiger partial charge in [-0.2, -0.15) is 10.2 Å². The van der Waals surface area contributed by atoms with Crippen molar-refractivity contribution in [3.8, 4) is 5.75 Å². The fourth-order valence-corrected chi connectivity index (χ4v) is 4.85. The predicted molar refractivity (Wildman–Crippen MR) is 152 cm³/mol. The van der Waals surface area contributed by atoms with Gasteiger partial charge in [0.05, 0.1) is 30.9 Å². The third-order valence-corrected chi connectivity index (χ3v) is 8.43. The Morgan fingerprint density at radius 1 is 0.800 bits per heavy atom. The summed E-state index contributed by atoms with van der Waals surface area (Å²) < 4.78 is 63.0. The van der Waals surface area contributed by atoms with Crippen LogP contribution in [-0.4, -0.2) is 43.3 Å². The van der Waals surface area contributed by atoms with Crippen LogP contribution in [0, 0.1) is 27.9 Å². The van der Waals surface area contributed by atoms with Gasteiger partial charge >= 0.3 is 14.8 Å². The standard InChI is InChI=1S/C22H20B2F4I2N4O/c1-13-19(33(23(25)26)14(2)21(13)29)11-31-32-12-20-18(22(30)15(3)34(20)24(27)28)10-7-16-5-8-17(35-4)9-6-16/h5-12H,1-4H3/b10-7+,31-11+,32-12+. The van der Waals surface area contributed by atoms with Crippen LogP contribution in [0.25, 0.3) is 12.2 Å². The molecular formula is C22H20B2F4I2N4O. The average Bonchev–Trinajstić information content (AvgIpc) is 3.19. The number of aromatic nitrogens is 2. The van der Waals surface area contributed by atoms with Gasteiger partial charge in [-0.3, -0.25) is 17.3 Å². The predicted octanol–water partition coefficient (Wildman–Crippen LogP) is 6.60. The minimum absolute atomic E-state index is 0.163. The van der Waals surface area contributed by atoms with Crippen LogP contribution in [0.4, 0.5) is 17.3 Å². The largest absolute Gasteiger partial charge is 0.677 e. The third kappa shape index (κ3) is 5.87. The van der Waals surface area contributed by atoms with E-state index in [1.807, 2.05) is 57.3 Å². The molecule has 13 heteroatoms. The Hall–Kier alpha value is -2.03. The van der Waals surface area contributed by atoms with Gasteiger partial charge in [-0.15, -0.1) is 0 Å². The summed E-state index contributed by atoms with van der Waals surface area (Å²) in [6, 6.07) is 7.30. The van der Waals surface area contributed by atoms with E-state index < -0.39 is 14.8 Å². The molecule has 0 unspecified atom stereocenters. The van der Waals surface area contributed by atoms with Gasteiger partial charge < -0.3 is 13.7 Å². The van der Waals surface area contributed by atoms with Gasteiger partial charge in [-0.1, -0.05) is 24.3 Å². The molecule has 2 heterocycles. The van der Waals surface area contributed by atoms with E-state index in [2.05, 4.69) is 10.2 Å². The summed E-state index contributed by atoms with van der Waals surface area (Å²) in [4.78, 5) is 0. The minimum atomic E-state index is -2.79. The van der Waals surface area contributed by atoms with Crippen molar-refractivity contribution in [2.24, 2.45) is 10.2 Å². The quantitative estimate of drug-likeness (QED) is 0.0856. The molecule has 1 aromatic carbocycles. The van der Waals surface area contributed by atoms with E-state index in [-0.39, 0.29) is 11.4 Å². The van der Waals surface area contributed by atoms with Gasteiger partial charge in [0, 0.05) is 24.1 Å². The topological polar surface area (TPSA) is 43.8 Å². The molecule has 0 fully saturated rings. The molecule has 0 amide bonds. The molecule has 3 rings (SSSR count). The van der Waals surface area contributed by atoms with Crippen molar-refractivity contribution in [2.75, 3.05) is 7.11 Å². The summed E-state index contributed by atoms with van der Waals surface area (Å²) in [7, 11) is -3.96. The van der Waals surface area contributed by atoms with Crippen molar-refractivity contribution in [3.63, 3.8) is 0 Å². The highest BCUT2D eigenvalue weighted by Crippen LogP contribution is 2.27. The highest BCUT2D eigenvalue weighted by molar-refractivity contribution is 14.1. The zero-order chi connectivity index (χ0) is 25.9. The molecule has 0 spiro atoms. The number of halogens is 6. The van der Waals surface area contributed by atoms with Crippen LogP contribution in [0.5, 0.6) is 5.75 Å². The van der Waals surface area contributed by atoms with Crippen molar-refractivity contribution >= 4 is 84.6 Å². The first kappa shape index (κ1) is 27.6. The second kappa shape index (κ2) is 11.8. The van der Waals surface area contributed by atoms with E-state index in [1.165, 1.54) is 12.4 Å². The molecule has 5 nitrogen and oxygen atoms in total. The first-order valence-electron chi connectivity index (χ1n) is 10.3. The second-order valence-electron chi connectivity index (χ2n) is 7.50. The smallest absolute Gasteiger partial charge is 0.497 e. The normalized spacial score (nSPS) is 11.9. The molecular weight excluding hydrogens is 688 g/mol. The maximum atomic E-state index is 13.9. The Balaban J connectivity index is 1.99. The Bertz CT molecular complexity index is 1300. The molecule has 0 radical (unpaired) electrons. The molecule has 182 valence electrons. The summed E-state index contributed by atoms with van der Waals surface area (Å²) >= 11 is 4.02. The summed E-state index contributed by atoms with van der Waals surface area (Å²) in [6.45, 7) is 4.92. The van der Waals surface area contributed by atoms with E-state index in [4.69, 9.17) is 4.74 Å². The maximum absolute atomic E-state index is 13.9. The number of nitrogens with zero attached hydrogens (tertiary/aromatic N) is 4. The minimum Gasteiger partial charge on any atom is -0.497 e. The molecule has 0 aliphatic heterocycles. The van der Waals surface area contributed by atoms with E-state index in [0.29, 0.717) is 35.4 Å². The molecule has 2 aromatic heterocycles. The van der Waals surface area contributed by atoms with Crippen molar-refractivity contribution in [1.29, 1.82) is 0 Å². The Morgan fingerprint density at radius 3 is 1.86 bits per heavy atom. The first-order valence-corrected chi connectivity index (χ1v) is 12.5. The fourth-order valence-electron chi connectivity index (χ4n) is 3.60. The lowest BCUT2D eigenvalue weighted by molar-refractivity contribution is 0.415. The molecule has 0 saturated heterocycles. The zero-order valence-corrected chi connectivity index (χ0v) is 23.6. The van der Waals surface area contributed by atoms with Gasteiger partial charge in [-0.25, -0.2) is 0 Å². The lowest BCUT2D eigenvalue weighted by atomic mass is 10.1. The second-order valence-corrected chi connectivity index (χ2v) is 9.66. The van der Waals surface area contributed by atoms with Crippen molar-refractivity contribution in [2.45, 2.75) is 20.8 Å². The Kier molecular flexibility index (Phi) is 9.29. The zero-order valence-electron chi connectivity index (χ0n) is 19.2. The van der Waals surface area contributed by atoms with E-state index in [9.17, 15) is 17.3 Å². The number of hydrogen-bond acceptors (Lipinski definition) is 3. The number of rotatable bonds is 8. The highest BCUT2D eigenvalue weighted by Gasteiger charge is 2.27. The highest BCUT2D eigenvalue weighted by atomic mass is 127. The van der Waals surface area contributed by atoms with Crippen LogP contribution in [-0.2, 0) is 0 Å². The summed E-state index contributed by atoms with van der Waals surface area (Å²) in [5, 5.41) is 7.83. The monoisotopic (exact) mass is 708 g/mol. The molecule has 0 atom stereocenters. The molecule has 0 saturated carbocycles. The van der Waals surface area contributed by atoms with Gasteiger partial charge in [0.2, 0.25) is 0 Å². The molecule has 35 heavy (non-hydrogen) atoms. The third-order valence-electron chi connectivity index (χ3n) is 5.48. The molecule has 0 aliphatic carbocycles. The van der Waals surface area contributed by atoms with Crippen LogP contribution in [0.1, 0.15) is 39.5 Å². The average molecular weight is 708 g/mol. The van der Waals surface area contributed by atoms with E-state index in [0.717, 1.165) is 14.5 Å². The lowest BCUT2D eigenvalue weighted by Gasteiger charge is -2.04. The van der Waals surface area contributed by atoms with Crippen molar-refractivity contribution < 1.29 is 22.0 Å². The van der Waals surface area contributed by atoms with Gasteiger partial charge in [-0.05, 0) is 89.2 Å². The van der Waals surface area contributed by atoms with Crippen LogP contribution in [0.15, 0.2) is 34.5 Å². The molecule has 0 bridgehead atoms. The maximum Gasteiger partial charge on any atom is 0.677 e. The van der Waals surface area contributed by atoms with E-state index >= 15 is 0 Å². The number of methoxy groups -OCH3 is 1. The number of hydrogen-bond donors (Lipinski definition) is 0. The van der Waals surface area contributed by atoms with Crippen molar-refractivity contribution in [1.82, 2.24) is 8.96 Å². The Labute approximate surface area is 229 Å². The van der Waals surface area contributed by atoms with Crippen molar-refractivity contribution in [3.05, 3.63) is 70.9 Å².